The van der Waals surface area contributed by atoms with Gasteiger partial charge in [0.1, 0.15) is 0 Å². The molecule has 2 aromatic heterocycles. The maximum absolute atomic E-state index is 3.50. The molecule has 0 aliphatic heterocycles. The quantitative estimate of drug-likeness (QED) is 0.897. The van der Waals surface area contributed by atoms with Crippen molar-refractivity contribution in [1.82, 2.24) is 5.32 Å². The number of likely N-dealkylation sites (N-methyl/N-ethyl adjacent to an activating group) is 1. The van der Waals surface area contributed by atoms with Crippen molar-refractivity contribution >= 4 is 38.6 Å². The third-order valence-corrected chi connectivity index (χ3v) is 4.75. The molecule has 2 aromatic rings. The normalized spacial score (nSPS) is 12.9. The summed E-state index contributed by atoms with van der Waals surface area (Å²) in [5.41, 5.74) is 1.36. The molecule has 1 N–H and O–H groups in total. The summed E-state index contributed by atoms with van der Waals surface area (Å²) in [6, 6.07) is 6.91. The number of thiophene rings is 2. The van der Waals surface area contributed by atoms with Gasteiger partial charge in [0.05, 0.1) is 3.79 Å². The summed E-state index contributed by atoms with van der Waals surface area (Å²) in [4.78, 5) is 1.43. The topological polar surface area (TPSA) is 12.0 Å². The van der Waals surface area contributed by atoms with Crippen LogP contribution in [0.2, 0.25) is 0 Å². The van der Waals surface area contributed by atoms with Crippen molar-refractivity contribution in [3.63, 3.8) is 0 Å². The molecule has 0 radical (unpaired) electrons. The largest absolute Gasteiger partial charge is 0.313 e. The van der Waals surface area contributed by atoms with Crippen molar-refractivity contribution < 1.29 is 0 Å². The van der Waals surface area contributed by atoms with Crippen molar-refractivity contribution in [2.24, 2.45) is 0 Å². The highest BCUT2D eigenvalue weighted by atomic mass is 79.9. The van der Waals surface area contributed by atoms with Gasteiger partial charge in [-0.2, -0.15) is 0 Å². The van der Waals surface area contributed by atoms with E-state index in [1.54, 1.807) is 11.3 Å². The summed E-state index contributed by atoms with van der Waals surface area (Å²) < 4.78 is 1.20. The molecule has 0 amide bonds. The predicted octanol–water partition coefficient (Wildman–Crippen LogP) is 4.08. The molecule has 0 aliphatic rings. The second-order valence-corrected chi connectivity index (χ2v) is 6.63. The molecular weight excluding hydrogens is 290 g/mol. The predicted molar refractivity (Wildman–Crippen MR) is 71.8 cm³/mol. The van der Waals surface area contributed by atoms with Crippen LogP contribution in [0.15, 0.2) is 32.7 Å². The zero-order valence-corrected chi connectivity index (χ0v) is 11.6. The first-order chi connectivity index (χ1) is 7.29. The molecule has 0 saturated carbocycles. The number of hydrogen-bond acceptors (Lipinski definition) is 3. The zero-order chi connectivity index (χ0) is 10.7. The number of nitrogens with one attached hydrogen (secondary N) is 1. The Morgan fingerprint density at radius 3 is 2.87 bits per heavy atom. The number of halogens is 1. The molecule has 0 bridgehead atoms. The van der Waals surface area contributed by atoms with Crippen LogP contribution in [0.3, 0.4) is 0 Å². The fourth-order valence-corrected chi connectivity index (χ4v) is 3.50. The highest BCUT2D eigenvalue weighted by molar-refractivity contribution is 9.11. The molecule has 1 nitrogen and oxygen atoms in total. The molecule has 15 heavy (non-hydrogen) atoms. The Kier molecular flexibility index (Phi) is 3.97. The Labute approximate surface area is 106 Å². The molecule has 0 saturated heterocycles. The smallest absolute Gasteiger partial charge is 0.0701 e. The third kappa shape index (κ3) is 2.91. The van der Waals surface area contributed by atoms with E-state index in [0.717, 1.165) is 6.42 Å². The molecule has 0 aliphatic carbocycles. The van der Waals surface area contributed by atoms with Crippen LogP contribution in [0.25, 0.3) is 0 Å². The fraction of sp³-hybridized carbons (Fsp3) is 0.273. The minimum atomic E-state index is 0.422. The Hall–Kier alpha value is -0.160. The average Bonchev–Trinajstić information content (AvgIpc) is 2.85. The van der Waals surface area contributed by atoms with Crippen LogP contribution in [0.1, 0.15) is 16.5 Å². The van der Waals surface area contributed by atoms with Crippen molar-refractivity contribution in [3.8, 4) is 0 Å². The van der Waals surface area contributed by atoms with E-state index < -0.39 is 0 Å². The number of hydrogen-bond donors (Lipinski definition) is 1. The van der Waals surface area contributed by atoms with Gasteiger partial charge in [-0.3, -0.25) is 0 Å². The van der Waals surface area contributed by atoms with Crippen LogP contribution >= 0.6 is 38.6 Å². The summed E-state index contributed by atoms with van der Waals surface area (Å²) in [7, 11) is 2.02. The highest BCUT2D eigenvalue weighted by Crippen LogP contribution is 2.28. The molecule has 0 spiro atoms. The van der Waals surface area contributed by atoms with E-state index in [-0.39, 0.29) is 0 Å². The standard InChI is InChI=1S/C11H12BrNS2/c1-13-10(6-9-3-2-4-14-9)8-5-11(12)15-7-8/h2-5,7,10,13H,6H2,1H3. The van der Waals surface area contributed by atoms with Gasteiger partial charge < -0.3 is 5.32 Å². The van der Waals surface area contributed by atoms with Crippen LogP contribution in [0.4, 0.5) is 0 Å². The van der Waals surface area contributed by atoms with Crippen LogP contribution in [-0.2, 0) is 6.42 Å². The first-order valence-electron chi connectivity index (χ1n) is 4.73. The zero-order valence-electron chi connectivity index (χ0n) is 8.37. The van der Waals surface area contributed by atoms with Gasteiger partial charge in [-0.25, -0.2) is 0 Å². The van der Waals surface area contributed by atoms with Gasteiger partial charge in [-0.05, 0) is 51.4 Å². The Morgan fingerprint density at radius 2 is 2.33 bits per heavy atom. The van der Waals surface area contributed by atoms with Crippen molar-refractivity contribution in [3.05, 3.63) is 43.2 Å². The fourth-order valence-electron chi connectivity index (χ4n) is 1.52. The maximum Gasteiger partial charge on any atom is 0.0701 e. The van der Waals surface area contributed by atoms with E-state index in [1.165, 1.54) is 14.2 Å². The van der Waals surface area contributed by atoms with Gasteiger partial charge in [-0.15, -0.1) is 22.7 Å². The summed E-state index contributed by atoms with van der Waals surface area (Å²) in [6.07, 6.45) is 1.07. The molecule has 2 heterocycles. The summed E-state index contributed by atoms with van der Waals surface area (Å²) in [6.45, 7) is 0. The highest BCUT2D eigenvalue weighted by Gasteiger charge is 2.12. The average molecular weight is 302 g/mol. The van der Waals surface area contributed by atoms with Crippen molar-refractivity contribution in [2.45, 2.75) is 12.5 Å². The van der Waals surface area contributed by atoms with Crippen LogP contribution in [0, 0.1) is 0 Å². The molecule has 80 valence electrons. The van der Waals surface area contributed by atoms with Crippen molar-refractivity contribution in [2.75, 3.05) is 7.05 Å². The summed E-state index contributed by atoms with van der Waals surface area (Å²) in [5.74, 6) is 0. The maximum atomic E-state index is 3.50. The minimum Gasteiger partial charge on any atom is -0.313 e. The van der Waals surface area contributed by atoms with E-state index in [9.17, 15) is 0 Å². The minimum absolute atomic E-state index is 0.422. The first-order valence-corrected chi connectivity index (χ1v) is 7.28. The molecule has 1 atom stereocenters. The summed E-state index contributed by atoms with van der Waals surface area (Å²) in [5, 5.41) is 7.70. The lowest BCUT2D eigenvalue weighted by Gasteiger charge is -2.13. The van der Waals surface area contributed by atoms with Gasteiger partial charge in [0, 0.05) is 17.3 Å². The first kappa shape index (κ1) is 11.3. The molecule has 4 heteroatoms. The summed E-state index contributed by atoms with van der Waals surface area (Å²) >= 11 is 7.06. The molecule has 2 rings (SSSR count). The van der Waals surface area contributed by atoms with E-state index in [4.69, 9.17) is 0 Å². The van der Waals surface area contributed by atoms with E-state index in [2.05, 4.69) is 50.2 Å². The second kappa shape index (κ2) is 5.25. The van der Waals surface area contributed by atoms with Gasteiger partial charge in [0.25, 0.3) is 0 Å². The molecule has 0 aromatic carbocycles. The van der Waals surface area contributed by atoms with E-state index in [0.29, 0.717) is 6.04 Å². The van der Waals surface area contributed by atoms with Gasteiger partial charge in [-0.1, -0.05) is 6.07 Å². The number of rotatable bonds is 4. The lowest BCUT2D eigenvalue weighted by atomic mass is 10.1. The SMILES string of the molecule is CNC(Cc1cccs1)c1csc(Br)c1. The molecule has 0 fully saturated rings. The Morgan fingerprint density at radius 1 is 1.47 bits per heavy atom. The monoisotopic (exact) mass is 301 g/mol. The van der Waals surface area contributed by atoms with E-state index >= 15 is 0 Å². The Bertz CT molecular complexity index is 408. The van der Waals surface area contributed by atoms with Gasteiger partial charge >= 0.3 is 0 Å². The lowest BCUT2D eigenvalue weighted by molar-refractivity contribution is 0.598. The second-order valence-electron chi connectivity index (χ2n) is 3.31. The lowest BCUT2D eigenvalue weighted by Crippen LogP contribution is -2.17. The van der Waals surface area contributed by atoms with Gasteiger partial charge in [0.2, 0.25) is 0 Å². The van der Waals surface area contributed by atoms with E-state index in [1.807, 2.05) is 18.4 Å². The van der Waals surface area contributed by atoms with Gasteiger partial charge in [0.15, 0.2) is 0 Å². The third-order valence-electron chi connectivity index (χ3n) is 2.32. The van der Waals surface area contributed by atoms with Crippen LogP contribution < -0.4 is 5.32 Å². The molecule has 1 unspecified atom stereocenters. The Balaban J connectivity index is 2.11. The molecular formula is C11H12BrNS2. The van der Waals surface area contributed by atoms with Crippen molar-refractivity contribution in [1.29, 1.82) is 0 Å². The van der Waals surface area contributed by atoms with Crippen LogP contribution in [-0.4, -0.2) is 7.05 Å². The van der Waals surface area contributed by atoms with Crippen LogP contribution in [0.5, 0.6) is 0 Å².